The van der Waals surface area contributed by atoms with Gasteiger partial charge in [0.1, 0.15) is 0 Å². The number of nitrogens with zero attached hydrogens (tertiary/aromatic N) is 1. The Labute approximate surface area is 62.8 Å². The van der Waals surface area contributed by atoms with Gasteiger partial charge >= 0.3 is 0 Å². The monoisotopic (exact) mass is 141 g/mol. The molecular weight excluding hydrogens is 126 g/mol. The Morgan fingerprint density at radius 3 is 2.80 bits per heavy atom. The Bertz CT molecular complexity index is 106. The molecule has 0 saturated carbocycles. The van der Waals surface area contributed by atoms with Crippen molar-refractivity contribution in [2.75, 3.05) is 13.2 Å². The molecule has 0 aromatic rings. The summed E-state index contributed by atoms with van der Waals surface area (Å²) in [5, 5.41) is 8.36. The van der Waals surface area contributed by atoms with Gasteiger partial charge in [0.25, 0.3) is 0 Å². The van der Waals surface area contributed by atoms with Crippen molar-refractivity contribution in [3.05, 3.63) is 0 Å². The summed E-state index contributed by atoms with van der Waals surface area (Å²) in [4.78, 5) is 0. The molecule has 0 aromatic carbocycles. The molecule has 0 aromatic heterocycles. The normalized spacial score (nSPS) is 12.5. The van der Waals surface area contributed by atoms with Crippen molar-refractivity contribution in [1.29, 1.82) is 5.26 Å². The number of rotatable bonds is 5. The molecule has 0 N–H and O–H groups in total. The molecule has 2 nitrogen and oxygen atoms in total. The molecule has 0 spiro atoms. The van der Waals surface area contributed by atoms with Gasteiger partial charge in [-0.05, 0) is 13.3 Å². The highest BCUT2D eigenvalue weighted by molar-refractivity contribution is 4.77. The molecule has 10 heavy (non-hydrogen) atoms. The largest absolute Gasteiger partial charge is 0.380 e. The van der Waals surface area contributed by atoms with E-state index < -0.39 is 0 Å². The Hall–Kier alpha value is -0.550. The van der Waals surface area contributed by atoms with Crippen molar-refractivity contribution in [3.8, 4) is 6.07 Å². The third kappa shape index (κ3) is 5.58. The zero-order valence-corrected chi connectivity index (χ0v) is 6.76. The highest BCUT2D eigenvalue weighted by atomic mass is 16.5. The molecule has 0 rings (SSSR count). The van der Waals surface area contributed by atoms with E-state index in [1.807, 2.05) is 6.92 Å². The van der Waals surface area contributed by atoms with E-state index in [-0.39, 0.29) is 5.92 Å². The maximum absolute atomic E-state index is 8.36. The van der Waals surface area contributed by atoms with Gasteiger partial charge in [0, 0.05) is 6.61 Å². The Balaban J connectivity index is 2.98. The lowest BCUT2D eigenvalue weighted by molar-refractivity contribution is 0.116. The first-order valence-corrected chi connectivity index (χ1v) is 3.78. The van der Waals surface area contributed by atoms with Gasteiger partial charge in [-0.2, -0.15) is 5.26 Å². The van der Waals surface area contributed by atoms with Crippen LogP contribution < -0.4 is 0 Å². The molecule has 0 radical (unpaired) electrons. The molecular formula is C8H15NO. The minimum absolute atomic E-state index is 0.0388. The Morgan fingerprint density at radius 1 is 1.60 bits per heavy atom. The van der Waals surface area contributed by atoms with Gasteiger partial charge in [0.05, 0.1) is 18.6 Å². The van der Waals surface area contributed by atoms with Crippen LogP contribution in [0.3, 0.4) is 0 Å². The number of nitriles is 1. The highest BCUT2D eigenvalue weighted by Crippen LogP contribution is 1.94. The van der Waals surface area contributed by atoms with Gasteiger partial charge in [-0.25, -0.2) is 0 Å². The zero-order valence-electron chi connectivity index (χ0n) is 6.76. The maximum atomic E-state index is 8.36. The lowest BCUT2D eigenvalue weighted by atomic mass is 10.2. The highest BCUT2D eigenvalue weighted by Gasteiger charge is 1.96. The number of hydrogen-bond donors (Lipinski definition) is 0. The Morgan fingerprint density at radius 2 is 2.30 bits per heavy atom. The summed E-state index contributed by atoms with van der Waals surface area (Å²) in [6.07, 6.45) is 2.25. The van der Waals surface area contributed by atoms with Crippen LogP contribution in [-0.2, 0) is 4.74 Å². The van der Waals surface area contributed by atoms with E-state index in [2.05, 4.69) is 13.0 Å². The van der Waals surface area contributed by atoms with E-state index in [1.165, 1.54) is 0 Å². The van der Waals surface area contributed by atoms with E-state index in [9.17, 15) is 0 Å². The van der Waals surface area contributed by atoms with Crippen LogP contribution in [0.1, 0.15) is 26.7 Å². The van der Waals surface area contributed by atoms with Gasteiger partial charge in [0.15, 0.2) is 0 Å². The molecule has 0 saturated heterocycles. The van der Waals surface area contributed by atoms with Gasteiger partial charge < -0.3 is 4.74 Å². The van der Waals surface area contributed by atoms with E-state index >= 15 is 0 Å². The molecule has 58 valence electrons. The standard InChI is InChI=1S/C8H15NO/c1-3-4-5-10-7-8(2)6-9/h8H,3-5,7H2,1-2H3. The molecule has 0 amide bonds. The summed E-state index contributed by atoms with van der Waals surface area (Å²) in [5.74, 6) is 0.0388. The topological polar surface area (TPSA) is 33.0 Å². The summed E-state index contributed by atoms with van der Waals surface area (Å²) in [6, 6.07) is 2.12. The van der Waals surface area contributed by atoms with E-state index in [0.29, 0.717) is 6.61 Å². The number of hydrogen-bond acceptors (Lipinski definition) is 2. The molecule has 2 heteroatoms. The summed E-state index contributed by atoms with van der Waals surface area (Å²) in [7, 11) is 0. The lowest BCUT2D eigenvalue weighted by Gasteiger charge is -2.02. The minimum Gasteiger partial charge on any atom is -0.380 e. The van der Waals surface area contributed by atoms with Crippen molar-refractivity contribution in [2.45, 2.75) is 26.7 Å². The Kier molecular flexibility index (Phi) is 6.21. The average molecular weight is 141 g/mol. The van der Waals surface area contributed by atoms with Gasteiger partial charge in [-0.15, -0.1) is 0 Å². The van der Waals surface area contributed by atoms with E-state index in [1.54, 1.807) is 0 Å². The predicted octanol–water partition coefficient (Wildman–Crippen LogP) is 1.96. The first-order valence-electron chi connectivity index (χ1n) is 3.78. The van der Waals surface area contributed by atoms with Crippen molar-refractivity contribution >= 4 is 0 Å². The van der Waals surface area contributed by atoms with Crippen LogP contribution in [0.25, 0.3) is 0 Å². The smallest absolute Gasteiger partial charge is 0.0677 e. The van der Waals surface area contributed by atoms with Crippen molar-refractivity contribution in [3.63, 3.8) is 0 Å². The third-order valence-electron chi connectivity index (χ3n) is 1.23. The zero-order chi connectivity index (χ0) is 7.82. The molecule has 0 heterocycles. The first kappa shape index (κ1) is 9.45. The van der Waals surface area contributed by atoms with Crippen molar-refractivity contribution in [1.82, 2.24) is 0 Å². The van der Waals surface area contributed by atoms with Gasteiger partial charge in [0.2, 0.25) is 0 Å². The fourth-order valence-corrected chi connectivity index (χ4v) is 0.544. The van der Waals surface area contributed by atoms with Crippen LogP contribution in [0, 0.1) is 17.2 Å². The minimum atomic E-state index is 0.0388. The van der Waals surface area contributed by atoms with E-state index in [4.69, 9.17) is 10.00 Å². The second-order valence-corrected chi connectivity index (χ2v) is 2.46. The van der Waals surface area contributed by atoms with Crippen LogP contribution in [0.15, 0.2) is 0 Å². The average Bonchev–Trinajstić information content (AvgIpc) is 1.98. The predicted molar refractivity (Wildman–Crippen MR) is 40.5 cm³/mol. The maximum Gasteiger partial charge on any atom is 0.0677 e. The summed E-state index contributed by atoms with van der Waals surface area (Å²) >= 11 is 0. The molecule has 1 unspecified atom stereocenters. The lowest BCUT2D eigenvalue weighted by Crippen LogP contribution is -2.04. The quantitative estimate of drug-likeness (QED) is 0.548. The SMILES string of the molecule is CCCCOCC(C)C#N. The van der Waals surface area contributed by atoms with Crippen LogP contribution in [0.2, 0.25) is 0 Å². The fourth-order valence-electron chi connectivity index (χ4n) is 0.544. The molecule has 0 aliphatic rings. The van der Waals surface area contributed by atoms with Gasteiger partial charge in [-0.1, -0.05) is 13.3 Å². The van der Waals surface area contributed by atoms with Crippen LogP contribution in [-0.4, -0.2) is 13.2 Å². The molecule has 1 atom stereocenters. The molecule has 0 bridgehead atoms. The fraction of sp³-hybridized carbons (Fsp3) is 0.875. The summed E-state index contributed by atoms with van der Waals surface area (Å²) < 4.78 is 5.20. The van der Waals surface area contributed by atoms with Crippen LogP contribution in [0.4, 0.5) is 0 Å². The summed E-state index contributed by atoms with van der Waals surface area (Å²) in [5.41, 5.74) is 0. The number of ether oxygens (including phenoxy) is 1. The van der Waals surface area contributed by atoms with E-state index in [0.717, 1.165) is 19.4 Å². The molecule has 0 aliphatic heterocycles. The second-order valence-electron chi connectivity index (χ2n) is 2.46. The molecule has 0 fully saturated rings. The number of unbranched alkanes of at least 4 members (excludes halogenated alkanes) is 1. The van der Waals surface area contributed by atoms with Crippen molar-refractivity contribution < 1.29 is 4.74 Å². The van der Waals surface area contributed by atoms with Crippen molar-refractivity contribution in [2.24, 2.45) is 5.92 Å². The summed E-state index contributed by atoms with van der Waals surface area (Å²) in [6.45, 7) is 5.36. The van der Waals surface area contributed by atoms with Crippen LogP contribution >= 0.6 is 0 Å². The van der Waals surface area contributed by atoms with Gasteiger partial charge in [-0.3, -0.25) is 0 Å². The van der Waals surface area contributed by atoms with Crippen LogP contribution in [0.5, 0.6) is 0 Å². The third-order valence-corrected chi connectivity index (χ3v) is 1.23. The first-order chi connectivity index (χ1) is 4.81. The second kappa shape index (κ2) is 6.57. The molecule has 0 aliphatic carbocycles.